The Morgan fingerprint density at radius 3 is 2.27 bits per heavy atom. The van der Waals surface area contributed by atoms with E-state index in [0.29, 0.717) is 6.07 Å². The highest BCUT2D eigenvalue weighted by molar-refractivity contribution is 7.89. The Bertz CT molecular complexity index is 481. The Hall–Kier alpha value is -1.15. The second-order valence-corrected chi connectivity index (χ2v) is 4.39. The van der Waals surface area contributed by atoms with E-state index in [-0.39, 0.29) is 5.69 Å². The standard InChI is InChI=1S/C7H7F3N2O2S/c1-4-2-5(7(8,9)10)3-6(12-4)15(11,13)14/h2-3H,1H3,(H2,11,13,14). The molecule has 8 heteroatoms. The van der Waals surface area contributed by atoms with Gasteiger partial charge in [-0.2, -0.15) is 13.2 Å². The quantitative estimate of drug-likeness (QED) is 0.797. The first-order chi connectivity index (χ1) is 6.60. The maximum Gasteiger partial charge on any atom is 0.416 e. The van der Waals surface area contributed by atoms with Crippen molar-refractivity contribution in [2.45, 2.75) is 18.1 Å². The molecular weight excluding hydrogens is 233 g/mol. The number of alkyl halides is 3. The maximum atomic E-state index is 12.3. The number of hydrogen-bond acceptors (Lipinski definition) is 3. The van der Waals surface area contributed by atoms with Gasteiger partial charge in [-0.1, -0.05) is 0 Å². The average molecular weight is 240 g/mol. The molecule has 0 amide bonds. The van der Waals surface area contributed by atoms with Gasteiger partial charge in [0.1, 0.15) is 0 Å². The van der Waals surface area contributed by atoms with Crippen LogP contribution in [-0.4, -0.2) is 13.4 Å². The van der Waals surface area contributed by atoms with Gasteiger partial charge in [-0.15, -0.1) is 0 Å². The molecule has 1 heterocycles. The normalized spacial score (nSPS) is 12.9. The molecule has 0 aliphatic heterocycles. The van der Waals surface area contributed by atoms with Crippen molar-refractivity contribution < 1.29 is 21.6 Å². The van der Waals surface area contributed by atoms with Crippen LogP contribution in [0.4, 0.5) is 13.2 Å². The lowest BCUT2D eigenvalue weighted by molar-refractivity contribution is -0.137. The third-order valence-corrected chi connectivity index (χ3v) is 2.34. The summed E-state index contributed by atoms with van der Waals surface area (Å²) in [4.78, 5) is 3.41. The van der Waals surface area contributed by atoms with Crippen LogP contribution in [0.15, 0.2) is 17.2 Å². The first-order valence-corrected chi connectivity index (χ1v) is 5.24. The SMILES string of the molecule is Cc1cc(C(F)(F)F)cc(S(N)(=O)=O)n1. The van der Waals surface area contributed by atoms with Crippen molar-refractivity contribution in [2.24, 2.45) is 5.14 Å². The fraction of sp³-hybridized carbons (Fsp3) is 0.286. The monoisotopic (exact) mass is 240 g/mol. The fourth-order valence-electron chi connectivity index (χ4n) is 0.948. The van der Waals surface area contributed by atoms with E-state index in [9.17, 15) is 21.6 Å². The lowest BCUT2D eigenvalue weighted by Crippen LogP contribution is -2.16. The van der Waals surface area contributed by atoms with E-state index in [1.54, 1.807) is 0 Å². The number of rotatable bonds is 1. The van der Waals surface area contributed by atoms with Gasteiger partial charge >= 0.3 is 6.18 Å². The number of primary sulfonamides is 1. The van der Waals surface area contributed by atoms with Crippen molar-refractivity contribution in [1.29, 1.82) is 0 Å². The first-order valence-electron chi connectivity index (χ1n) is 3.69. The molecule has 0 aromatic carbocycles. The molecule has 0 saturated heterocycles. The van der Waals surface area contributed by atoms with Crippen LogP contribution in [0.5, 0.6) is 0 Å². The van der Waals surface area contributed by atoms with Gasteiger partial charge in [0.2, 0.25) is 0 Å². The van der Waals surface area contributed by atoms with Crippen LogP contribution in [0.1, 0.15) is 11.3 Å². The predicted molar refractivity (Wildman–Crippen MR) is 45.3 cm³/mol. The van der Waals surface area contributed by atoms with Crippen molar-refractivity contribution in [3.63, 3.8) is 0 Å². The Morgan fingerprint density at radius 1 is 1.33 bits per heavy atom. The Morgan fingerprint density at radius 2 is 1.87 bits per heavy atom. The molecule has 0 unspecified atom stereocenters. The summed E-state index contributed by atoms with van der Waals surface area (Å²) >= 11 is 0. The van der Waals surface area contributed by atoms with Gasteiger partial charge in [0.05, 0.1) is 5.56 Å². The highest BCUT2D eigenvalue weighted by Gasteiger charge is 2.32. The Labute approximate surface area is 84.0 Å². The predicted octanol–water partition coefficient (Wildman–Crippen LogP) is 1.06. The van der Waals surface area contributed by atoms with Gasteiger partial charge in [0.15, 0.2) is 5.03 Å². The summed E-state index contributed by atoms with van der Waals surface area (Å²) in [5.74, 6) is 0. The second-order valence-electron chi connectivity index (χ2n) is 2.88. The number of aromatic nitrogens is 1. The van der Waals surface area contributed by atoms with Gasteiger partial charge in [-0.3, -0.25) is 0 Å². The number of nitrogens with zero attached hydrogens (tertiary/aromatic N) is 1. The van der Waals surface area contributed by atoms with Crippen LogP contribution in [0, 0.1) is 6.92 Å². The van der Waals surface area contributed by atoms with Crippen molar-refractivity contribution in [3.05, 3.63) is 23.4 Å². The fourth-order valence-corrected chi connectivity index (χ4v) is 1.51. The van der Waals surface area contributed by atoms with Crippen LogP contribution in [0.25, 0.3) is 0 Å². The second kappa shape index (κ2) is 3.46. The molecule has 0 saturated carbocycles. The molecule has 0 fully saturated rings. The zero-order valence-electron chi connectivity index (χ0n) is 7.54. The zero-order valence-corrected chi connectivity index (χ0v) is 8.35. The van der Waals surface area contributed by atoms with E-state index >= 15 is 0 Å². The summed E-state index contributed by atoms with van der Waals surface area (Å²) in [6.07, 6.45) is -4.62. The molecule has 15 heavy (non-hydrogen) atoms. The molecule has 0 atom stereocenters. The van der Waals surface area contributed by atoms with Crippen LogP contribution in [-0.2, 0) is 16.2 Å². The number of sulfonamides is 1. The van der Waals surface area contributed by atoms with Gasteiger partial charge in [0, 0.05) is 5.69 Å². The molecule has 2 N–H and O–H groups in total. The lowest BCUT2D eigenvalue weighted by Gasteiger charge is -2.08. The number of hydrogen-bond donors (Lipinski definition) is 1. The van der Waals surface area contributed by atoms with E-state index in [0.717, 1.165) is 6.07 Å². The van der Waals surface area contributed by atoms with Crippen molar-refractivity contribution >= 4 is 10.0 Å². The highest BCUT2D eigenvalue weighted by Crippen LogP contribution is 2.30. The van der Waals surface area contributed by atoms with Crippen LogP contribution >= 0.6 is 0 Å². The van der Waals surface area contributed by atoms with E-state index < -0.39 is 26.8 Å². The van der Waals surface area contributed by atoms with Crippen molar-refractivity contribution in [2.75, 3.05) is 0 Å². The molecule has 84 valence electrons. The van der Waals surface area contributed by atoms with Gasteiger partial charge in [-0.05, 0) is 19.1 Å². The molecule has 0 aliphatic carbocycles. The minimum Gasteiger partial charge on any atom is -0.240 e. The van der Waals surface area contributed by atoms with Crippen LogP contribution in [0.3, 0.4) is 0 Å². The number of aryl methyl sites for hydroxylation is 1. The minimum atomic E-state index is -4.62. The summed E-state index contributed by atoms with van der Waals surface area (Å²) in [6, 6.07) is 1.15. The third kappa shape index (κ3) is 2.90. The molecular formula is C7H7F3N2O2S. The summed E-state index contributed by atoms with van der Waals surface area (Å²) in [5, 5.41) is 3.90. The molecule has 4 nitrogen and oxygen atoms in total. The summed E-state index contributed by atoms with van der Waals surface area (Å²) in [6.45, 7) is 1.25. The zero-order chi connectivity index (χ0) is 11.9. The molecule has 0 spiro atoms. The number of pyridine rings is 1. The minimum absolute atomic E-state index is 0.0612. The Balaban J connectivity index is 3.43. The van der Waals surface area contributed by atoms with Gasteiger partial charge < -0.3 is 0 Å². The average Bonchev–Trinajstić information content (AvgIpc) is 1.99. The molecule has 0 bridgehead atoms. The number of halogens is 3. The topological polar surface area (TPSA) is 73.1 Å². The lowest BCUT2D eigenvalue weighted by atomic mass is 10.2. The summed E-state index contributed by atoms with van der Waals surface area (Å²) in [7, 11) is -4.22. The maximum absolute atomic E-state index is 12.3. The van der Waals surface area contributed by atoms with E-state index in [1.165, 1.54) is 6.92 Å². The summed E-state index contributed by atoms with van der Waals surface area (Å²) < 4.78 is 58.4. The molecule has 0 aliphatic rings. The Kier molecular flexibility index (Phi) is 2.75. The summed E-state index contributed by atoms with van der Waals surface area (Å²) in [5.41, 5.74) is -1.15. The molecule has 1 rings (SSSR count). The van der Waals surface area contributed by atoms with Gasteiger partial charge in [0.25, 0.3) is 10.0 Å². The molecule has 0 radical (unpaired) electrons. The molecule has 1 aromatic rings. The van der Waals surface area contributed by atoms with E-state index in [1.807, 2.05) is 0 Å². The van der Waals surface area contributed by atoms with E-state index in [2.05, 4.69) is 10.1 Å². The van der Waals surface area contributed by atoms with Crippen molar-refractivity contribution in [1.82, 2.24) is 4.98 Å². The molecule has 1 aromatic heterocycles. The highest BCUT2D eigenvalue weighted by atomic mass is 32.2. The van der Waals surface area contributed by atoms with Crippen LogP contribution in [0.2, 0.25) is 0 Å². The van der Waals surface area contributed by atoms with E-state index in [4.69, 9.17) is 0 Å². The van der Waals surface area contributed by atoms with Gasteiger partial charge in [-0.25, -0.2) is 18.5 Å². The largest absolute Gasteiger partial charge is 0.416 e. The van der Waals surface area contributed by atoms with Crippen LogP contribution < -0.4 is 5.14 Å². The van der Waals surface area contributed by atoms with Crippen molar-refractivity contribution in [3.8, 4) is 0 Å². The first kappa shape index (κ1) is 11.9. The smallest absolute Gasteiger partial charge is 0.240 e. The number of nitrogens with two attached hydrogens (primary N) is 1. The third-order valence-electron chi connectivity index (χ3n) is 1.55.